The molecule has 2 rings (SSSR count). The molecule has 132 valence electrons. The number of rotatable bonds is 4. The van der Waals surface area contributed by atoms with Gasteiger partial charge in [-0.2, -0.15) is 0 Å². The molecule has 0 amide bonds. The molecule has 4 N–H and O–H groups in total. The van der Waals surface area contributed by atoms with E-state index in [0.717, 1.165) is 5.57 Å². The number of aliphatic hydroxyl groups excluding tert-OH is 4. The highest BCUT2D eigenvalue weighted by molar-refractivity contribution is 5.91. The van der Waals surface area contributed by atoms with Gasteiger partial charge in [-0.25, -0.2) is 0 Å². The summed E-state index contributed by atoms with van der Waals surface area (Å²) in [5.74, 6) is 0.163. The summed E-state index contributed by atoms with van der Waals surface area (Å²) < 4.78 is 10.7. The summed E-state index contributed by atoms with van der Waals surface area (Å²) in [7, 11) is 0. The number of hydrogen-bond donors (Lipinski definition) is 4. The van der Waals surface area contributed by atoms with E-state index in [-0.39, 0.29) is 23.7 Å². The second-order valence-corrected chi connectivity index (χ2v) is 7.15. The molecule has 7 heteroatoms. The first-order chi connectivity index (χ1) is 10.6. The maximum Gasteiger partial charge on any atom is 0.184 e. The minimum atomic E-state index is -1.56. The van der Waals surface area contributed by atoms with Gasteiger partial charge in [0.2, 0.25) is 0 Å². The van der Waals surface area contributed by atoms with Gasteiger partial charge in [0, 0.05) is 12.3 Å². The third-order valence-electron chi connectivity index (χ3n) is 4.77. The number of carbonyl (C=O) groups is 1. The van der Waals surface area contributed by atoms with Crippen LogP contribution in [0.15, 0.2) is 11.6 Å². The van der Waals surface area contributed by atoms with Crippen molar-refractivity contribution in [1.29, 1.82) is 0 Å². The lowest BCUT2D eigenvalue weighted by Crippen LogP contribution is -2.58. The van der Waals surface area contributed by atoms with Crippen LogP contribution in [0.5, 0.6) is 0 Å². The average molecular weight is 330 g/mol. The normalized spacial score (nSPS) is 40.8. The van der Waals surface area contributed by atoms with Crippen molar-refractivity contribution >= 4 is 5.78 Å². The highest BCUT2D eigenvalue weighted by Gasteiger charge is 2.43. The molecule has 0 aromatic carbocycles. The molecule has 2 aliphatic rings. The molecule has 1 aliphatic carbocycles. The molecule has 0 bridgehead atoms. The third-order valence-corrected chi connectivity index (χ3v) is 4.77. The van der Waals surface area contributed by atoms with Crippen molar-refractivity contribution in [2.45, 2.75) is 57.9 Å². The highest BCUT2D eigenvalue weighted by Crippen LogP contribution is 2.39. The topological polar surface area (TPSA) is 116 Å². The Morgan fingerprint density at radius 1 is 1.17 bits per heavy atom. The van der Waals surface area contributed by atoms with Gasteiger partial charge in [-0.05, 0) is 18.4 Å². The van der Waals surface area contributed by atoms with Crippen molar-refractivity contribution in [2.24, 2.45) is 11.3 Å². The quantitative estimate of drug-likeness (QED) is 0.542. The number of hydrogen-bond acceptors (Lipinski definition) is 7. The van der Waals surface area contributed by atoms with E-state index >= 15 is 0 Å². The Bertz CT molecular complexity index is 473. The zero-order valence-corrected chi connectivity index (χ0v) is 13.7. The smallest absolute Gasteiger partial charge is 0.184 e. The lowest BCUT2D eigenvalue weighted by atomic mass is 9.69. The molecule has 0 aromatic rings. The van der Waals surface area contributed by atoms with Crippen LogP contribution in [-0.4, -0.2) is 70.1 Å². The molecular weight excluding hydrogens is 304 g/mol. The molecule has 1 heterocycles. The van der Waals surface area contributed by atoms with Gasteiger partial charge in [0.25, 0.3) is 0 Å². The minimum absolute atomic E-state index is 0.0319. The number of ether oxygens (including phenoxy) is 2. The van der Waals surface area contributed by atoms with Crippen molar-refractivity contribution in [3.05, 3.63) is 11.6 Å². The van der Waals surface area contributed by atoms with E-state index in [0.29, 0.717) is 13.0 Å². The van der Waals surface area contributed by atoms with E-state index in [1.165, 1.54) is 0 Å². The molecular formula is C16H26O7. The Hall–Kier alpha value is -0.830. The summed E-state index contributed by atoms with van der Waals surface area (Å²) in [5.41, 5.74) is 0.726. The van der Waals surface area contributed by atoms with Crippen LogP contribution in [0, 0.1) is 11.3 Å². The maximum atomic E-state index is 11.7. The molecule has 23 heavy (non-hydrogen) atoms. The van der Waals surface area contributed by atoms with Gasteiger partial charge in [-0.3, -0.25) is 4.79 Å². The Balaban J connectivity index is 1.92. The second-order valence-electron chi connectivity index (χ2n) is 7.15. The Kier molecular flexibility index (Phi) is 5.60. The predicted molar refractivity (Wildman–Crippen MR) is 80.4 cm³/mol. The minimum Gasteiger partial charge on any atom is -0.387 e. The number of carbonyl (C=O) groups excluding carboxylic acids is 1. The van der Waals surface area contributed by atoms with Crippen LogP contribution in [0.2, 0.25) is 0 Å². The second kappa shape index (κ2) is 6.96. The molecule has 6 atom stereocenters. The Morgan fingerprint density at radius 2 is 1.83 bits per heavy atom. The van der Waals surface area contributed by atoms with E-state index in [1.807, 2.05) is 20.8 Å². The van der Waals surface area contributed by atoms with Crippen LogP contribution in [0.1, 0.15) is 27.2 Å². The van der Waals surface area contributed by atoms with E-state index in [1.54, 1.807) is 6.08 Å². The van der Waals surface area contributed by atoms with Crippen LogP contribution in [0.25, 0.3) is 0 Å². The Morgan fingerprint density at radius 3 is 2.43 bits per heavy atom. The van der Waals surface area contributed by atoms with Crippen molar-refractivity contribution in [3.8, 4) is 0 Å². The van der Waals surface area contributed by atoms with E-state index in [4.69, 9.17) is 9.47 Å². The number of allylic oxidation sites excluding steroid dienone is 1. The highest BCUT2D eigenvalue weighted by atomic mass is 16.6. The average Bonchev–Trinajstić information content (AvgIpc) is 2.43. The molecule has 0 aromatic heterocycles. The van der Waals surface area contributed by atoms with Gasteiger partial charge in [-0.15, -0.1) is 0 Å². The summed E-state index contributed by atoms with van der Waals surface area (Å²) in [6.07, 6.45) is -4.79. The zero-order valence-electron chi connectivity index (χ0n) is 13.7. The summed E-state index contributed by atoms with van der Waals surface area (Å²) in [5, 5.41) is 38.4. The predicted octanol–water partition coefficient (Wildman–Crippen LogP) is -0.636. The SMILES string of the molecule is CC1=CC(=O)CC(C)(C)[C@H]1COC[C@H]1O[C@@H](O)[C@H](O)[C@@H](O)[C@@H]1O. The molecule has 1 aliphatic heterocycles. The van der Waals surface area contributed by atoms with Gasteiger partial charge < -0.3 is 29.9 Å². The van der Waals surface area contributed by atoms with E-state index in [9.17, 15) is 25.2 Å². The van der Waals surface area contributed by atoms with Crippen molar-refractivity contribution in [3.63, 3.8) is 0 Å². The Labute approximate surface area is 135 Å². The van der Waals surface area contributed by atoms with E-state index < -0.39 is 30.7 Å². The fourth-order valence-corrected chi connectivity index (χ4v) is 3.32. The molecule has 0 spiro atoms. The number of aliphatic hydroxyl groups is 4. The first-order valence-electron chi connectivity index (χ1n) is 7.80. The van der Waals surface area contributed by atoms with Crippen molar-refractivity contribution < 1.29 is 34.7 Å². The fraction of sp³-hybridized carbons (Fsp3) is 0.812. The molecule has 1 fully saturated rings. The fourth-order valence-electron chi connectivity index (χ4n) is 3.32. The lowest BCUT2D eigenvalue weighted by Gasteiger charge is -2.40. The monoisotopic (exact) mass is 330 g/mol. The maximum absolute atomic E-state index is 11.7. The van der Waals surface area contributed by atoms with Crippen LogP contribution >= 0.6 is 0 Å². The number of ketones is 1. The van der Waals surface area contributed by atoms with Gasteiger partial charge in [0.15, 0.2) is 12.1 Å². The summed E-state index contributed by atoms with van der Waals surface area (Å²) in [6, 6.07) is 0. The summed E-state index contributed by atoms with van der Waals surface area (Å²) in [6.45, 7) is 6.21. The van der Waals surface area contributed by atoms with Gasteiger partial charge in [-0.1, -0.05) is 19.4 Å². The van der Waals surface area contributed by atoms with Gasteiger partial charge in [0.05, 0.1) is 13.2 Å². The van der Waals surface area contributed by atoms with Crippen LogP contribution in [0.3, 0.4) is 0 Å². The first kappa shape index (κ1) is 18.5. The summed E-state index contributed by atoms with van der Waals surface area (Å²) >= 11 is 0. The molecule has 1 saturated heterocycles. The molecule has 0 radical (unpaired) electrons. The van der Waals surface area contributed by atoms with Gasteiger partial charge >= 0.3 is 0 Å². The van der Waals surface area contributed by atoms with Crippen LogP contribution < -0.4 is 0 Å². The van der Waals surface area contributed by atoms with Crippen LogP contribution in [0.4, 0.5) is 0 Å². The molecule has 0 unspecified atom stereocenters. The molecule has 0 saturated carbocycles. The van der Waals surface area contributed by atoms with E-state index in [2.05, 4.69) is 0 Å². The third kappa shape index (κ3) is 3.99. The van der Waals surface area contributed by atoms with Gasteiger partial charge in [0.1, 0.15) is 24.4 Å². The lowest BCUT2D eigenvalue weighted by molar-refractivity contribution is -0.289. The summed E-state index contributed by atoms with van der Waals surface area (Å²) in [4.78, 5) is 11.7. The largest absolute Gasteiger partial charge is 0.387 e. The van der Waals surface area contributed by atoms with Crippen LogP contribution in [-0.2, 0) is 14.3 Å². The molecule has 7 nitrogen and oxygen atoms in total. The zero-order chi connectivity index (χ0) is 17.4. The van der Waals surface area contributed by atoms with Crippen molar-refractivity contribution in [2.75, 3.05) is 13.2 Å². The standard InChI is InChI=1S/C16H26O7/c1-8-4-9(17)5-16(2,3)10(8)6-22-7-11-12(18)13(19)14(20)15(21)23-11/h4,10-15,18-21H,5-7H2,1-3H3/t10-,11+,12+,13-,14+,15+/m0/s1. The van der Waals surface area contributed by atoms with Crippen molar-refractivity contribution in [1.82, 2.24) is 0 Å². The first-order valence-corrected chi connectivity index (χ1v) is 7.80.